The smallest absolute Gasteiger partial charge is 0.244 e. The van der Waals surface area contributed by atoms with Gasteiger partial charge in [-0.25, -0.2) is 8.42 Å². The van der Waals surface area contributed by atoms with E-state index in [9.17, 15) is 18.0 Å². The fraction of sp³-hybridized carbons (Fsp3) is 0.185. The average molecular weight is 475 g/mol. The fourth-order valence-corrected chi connectivity index (χ4v) is 5.30. The predicted octanol–water partition coefficient (Wildman–Crippen LogP) is 4.65. The van der Waals surface area contributed by atoms with E-state index < -0.39 is 15.3 Å². The molecule has 0 saturated heterocycles. The van der Waals surface area contributed by atoms with Crippen molar-refractivity contribution < 1.29 is 13.2 Å². The molecule has 0 unspecified atom stereocenters. The Hall–Kier alpha value is -3.71. The first-order valence-electron chi connectivity index (χ1n) is 11.0. The zero-order valence-electron chi connectivity index (χ0n) is 19.3. The van der Waals surface area contributed by atoms with Gasteiger partial charge in [-0.15, -0.1) is 0 Å². The van der Waals surface area contributed by atoms with Gasteiger partial charge in [0.1, 0.15) is 11.4 Å². The van der Waals surface area contributed by atoms with E-state index in [1.54, 1.807) is 36.4 Å². The topological polar surface area (TPSA) is 85.2 Å². The maximum Gasteiger partial charge on any atom is 0.244 e. The van der Waals surface area contributed by atoms with Gasteiger partial charge in [-0.3, -0.25) is 9.59 Å². The Morgan fingerprint density at radius 1 is 0.941 bits per heavy atom. The zero-order chi connectivity index (χ0) is 24.5. The minimum Gasteiger partial charge on any atom is -0.336 e. The van der Waals surface area contributed by atoms with Gasteiger partial charge in [-0.1, -0.05) is 37.3 Å². The van der Waals surface area contributed by atoms with E-state index in [2.05, 4.69) is 5.32 Å². The molecular weight excluding hydrogens is 448 g/mol. The number of pyridine rings is 1. The summed E-state index contributed by atoms with van der Waals surface area (Å²) in [6, 6.07) is 19.2. The number of carbonyl (C=O) groups is 1. The first-order chi connectivity index (χ1) is 16.2. The number of hydrogen-bond acceptors (Lipinski definition) is 4. The molecule has 1 aromatic heterocycles. The molecule has 1 N–H and O–H groups in total. The molecule has 3 aromatic carbocycles. The number of aryl methyl sites for hydroxylation is 3. The molecule has 0 aliphatic carbocycles. The summed E-state index contributed by atoms with van der Waals surface area (Å²) in [4.78, 5) is 25.9. The molecule has 34 heavy (non-hydrogen) atoms. The first-order valence-corrected chi connectivity index (χ1v) is 12.5. The largest absolute Gasteiger partial charge is 0.336 e. The second-order valence-corrected chi connectivity index (χ2v) is 10.2. The number of anilines is 1. The third-order valence-corrected chi connectivity index (χ3v) is 7.71. The molecule has 4 aromatic rings. The number of carbonyl (C=O) groups excluding carboxylic acids is 1. The van der Waals surface area contributed by atoms with Crippen molar-refractivity contribution in [1.29, 1.82) is 0 Å². The summed E-state index contributed by atoms with van der Waals surface area (Å²) in [7, 11) is -4.10. The number of amides is 1. The number of para-hydroxylation sites is 1. The lowest BCUT2D eigenvalue weighted by Gasteiger charge is -2.15. The molecule has 0 spiro atoms. The maximum absolute atomic E-state index is 13.5. The average Bonchev–Trinajstić information content (AvgIpc) is 2.82. The number of benzene rings is 3. The third kappa shape index (κ3) is 4.52. The van der Waals surface area contributed by atoms with Crippen LogP contribution in [0.15, 0.2) is 87.5 Å². The molecule has 0 radical (unpaired) electrons. The molecule has 6 nitrogen and oxygen atoms in total. The highest BCUT2D eigenvalue weighted by Crippen LogP contribution is 2.24. The Labute approximate surface area is 198 Å². The highest BCUT2D eigenvalue weighted by molar-refractivity contribution is 7.91. The van der Waals surface area contributed by atoms with Crippen LogP contribution < -0.4 is 10.7 Å². The molecule has 7 heteroatoms. The van der Waals surface area contributed by atoms with Crippen molar-refractivity contribution in [3.8, 4) is 0 Å². The number of fused-ring (bicyclic) bond motifs is 1. The molecule has 0 saturated carbocycles. The lowest BCUT2D eigenvalue weighted by Crippen LogP contribution is -2.24. The van der Waals surface area contributed by atoms with Crippen LogP contribution in [0.4, 0.5) is 5.69 Å². The van der Waals surface area contributed by atoms with Gasteiger partial charge in [-0.2, -0.15) is 0 Å². The van der Waals surface area contributed by atoms with Crippen LogP contribution in [0.2, 0.25) is 0 Å². The van der Waals surface area contributed by atoms with E-state index >= 15 is 0 Å². The van der Waals surface area contributed by atoms with Crippen molar-refractivity contribution in [2.24, 2.45) is 0 Å². The predicted molar refractivity (Wildman–Crippen MR) is 134 cm³/mol. The molecular formula is C27H26N2O4S. The lowest BCUT2D eigenvalue weighted by molar-refractivity contribution is -0.116. The number of nitrogens with zero attached hydrogens (tertiary/aromatic N) is 1. The van der Waals surface area contributed by atoms with Crippen LogP contribution in [0.5, 0.6) is 0 Å². The van der Waals surface area contributed by atoms with Crippen molar-refractivity contribution in [2.75, 3.05) is 5.32 Å². The Kier molecular flexibility index (Phi) is 6.39. The Morgan fingerprint density at radius 2 is 1.68 bits per heavy atom. The minimum absolute atomic E-state index is 0.0546. The van der Waals surface area contributed by atoms with Gasteiger partial charge in [0, 0.05) is 17.3 Å². The van der Waals surface area contributed by atoms with E-state index in [0.717, 1.165) is 16.7 Å². The quantitative estimate of drug-likeness (QED) is 0.441. The summed E-state index contributed by atoms with van der Waals surface area (Å²) in [5.41, 5.74) is 3.25. The van der Waals surface area contributed by atoms with Crippen molar-refractivity contribution in [3.63, 3.8) is 0 Å². The summed E-state index contributed by atoms with van der Waals surface area (Å²) in [5.74, 6) is -0.328. The van der Waals surface area contributed by atoms with E-state index in [4.69, 9.17) is 0 Å². The summed E-state index contributed by atoms with van der Waals surface area (Å²) in [5, 5.41) is 3.08. The monoisotopic (exact) mass is 474 g/mol. The molecule has 0 aliphatic rings. The Bertz CT molecular complexity index is 1560. The standard InChI is InChI=1S/C27H26N2O4S/c1-4-20-11-13-24-23(15-20)27(31)25(34(32,33)22-12-10-18(2)19(3)14-22)16-29(24)17-26(30)28-21-8-6-5-7-9-21/h5-16H,4,17H2,1-3H3,(H,28,30). The SMILES string of the molecule is CCc1ccc2c(c1)c(=O)c(S(=O)(=O)c1ccc(C)c(C)c1)cn2CC(=O)Nc1ccccc1. The zero-order valence-corrected chi connectivity index (χ0v) is 20.1. The molecule has 4 rings (SSSR count). The van der Waals surface area contributed by atoms with E-state index in [0.29, 0.717) is 17.6 Å². The second-order valence-electron chi connectivity index (χ2n) is 8.32. The third-order valence-electron chi connectivity index (χ3n) is 5.97. The molecule has 0 fully saturated rings. The number of sulfone groups is 1. The number of rotatable bonds is 6. The van der Waals surface area contributed by atoms with Gasteiger partial charge in [-0.05, 0) is 73.4 Å². The maximum atomic E-state index is 13.5. The van der Waals surface area contributed by atoms with Crippen molar-refractivity contribution >= 4 is 32.3 Å². The Balaban J connectivity index is 1.87. The van der Waals surface area contributed by atoms with Gasteiger partial charge >= 0.3 is 0 Å². The van der Waals surface area contributed by atoms with Crippen LogP contribution >= 0.6 is 0 Å². The summed E-state index contributed by atoms with van der Waals surface area (Å²) in [6.07, 6.45) is 1.98. The first kappa shape index (κ1) is 23.4. The second kappa shape index (κ2) is 9.27. The summed E-state index contributed by atoms with van der Waals surface area (Å²) >= 11 is 0. The summed E-state index contributed by atoms with van der Waals surface area (Å²) in [6.45, 7) is 5.54. The van der Waals surface area contributed by atoms with Gasteiger partial charge in [0.05, 0.1) is 10.4 Å². The Morgan fingerprint density at radius 3 is 2.35 bits per heavy atom. The van der Waals surface area contributed by atoms with Crippen LogP contribution in [0.1, 0.15) is 23.6 Å². The highest BCUT2D eigenvalue weighted by atomic mass is 32.2. The lowest BCUT2D eigenvalue weighted by atomic mass is 10.1. The van der Waals surface area contributed by atoms with Gasteiger partial charge in [0.2, 0.25) is 21.2 Å². The molecule has 0 aliphatic heterocycles. The van der Waals surface area contributed by atoms with Crippen LogP contribution in [-0.2, 0) is 27.6 Å². The van der Waals surface area contributed by atoms with Crippen LogP contribution in [-0.4, -0.2) is 18.9 Å². The van der Waals surface area contributed by atoms with E-state index in [1.807, 2.05) is 45.0 Å². The molecule has 1 amide bonds. The van der Waals surface area contributed by atoms with Crippen molar-refractivity contribution in [2.45, 2.75) is 43.5 Å². The number of aromatic nitrogens is 1. The van der Waals surface area contributed by atoms with E-state index in [-0.39, 0.29) is 27.6 Å². The van der Waals surface area contributed by atoms with E-state index in [1.165, 1.54) is 16.8 Å². The van der Waals surface area contributed by atoms with Crippen molar-refractivity contribution in [3.05, 3.63) is 99.8 Å². The molecule has 0 atom stereocenters. The normalized spacial score (nSPS) is 11.5. The van der Waals surface area contributed by atoms with Gasteiger partial charge < -0.3 is 9.88 Å². The molecule has 174 valence electrons. The fourth-order valence-electron chi connectivity index (χ4n) is 3.84. The van der Waals surface area contributed by atoms with Crippen LogP contribution in [0.3, 0.4) is 0 Å². The van der Waals surface area contributed by atoms with Crippen molar-refractivity contribution in [1.82, 2.24) is 4.57 Å². The van der Waals surface area contributed by atoms with Gasteiger partial charge in [0.25, 0.3) is 0 Å². The minimum atomic E-state index is -4.10. The molecule has 0 bridgehead atoms. The molecule has 1 heterocycles. The van der Waals surface area contributed by atoms with Gasteiger partial charge in [0.15, 0.2) is 0 Å². The summed E-state index contributed by atoms with van der Waals surface area (Å²) < 4.78 is 28.6. The number of nitrogens with one attached hydrogen (secondary N) is 1. The highest BCUT2D eigenvalue weighted by Gasteiger charge is 2.25. The van der Waals surface area contributed by atoms with Crippen LogP contribution in [0, 0.1) is 13.8 Å². The number of hydrogen-bond donors (Lipinski definition) is 1. The van der Waals surface area contributed by atoms with Crippen LogP contribution in [0.25, 0.3) is 10.9 Å².